The van der Waals surface area contributed by atoms with Gasteiger partial charge in [0.25, 0.3) is 0 Å². The van der Waals surface area contributed by atoms with Crippen LogP contribution in [0.15, 0.2) is 29.3 Å². The molecule has 0 bridgehead atoms. The summed E-state index contributed by atoms with van der Waals surface area (Å²) in [7, 11) is 1.70. The maximum absolute atomic E-state index is 5.38. The Balaban J connectivity index is 0.00000312. The molecule has 1 aliphatic heterocycles. The van der Waals surface area contributed by atoms with Crippen molar-refractivity contribution in [2.75, 3.05) is 39.8 Å². The molecule has 0 amide bonds. The molecule has 0 unspecified atom stereocenters. The number of unbranched alkanes of at least 4 members (excludes halogenated alkanes) is 1. The zero-order chi connectivity index (χ0) is 17.0. The summed E-state index contributed by atoms with van der Waals surface area (Å²) in [5.74, 6) is 1.77. The molecule has 6 heteroatoms. The maximum atomic E-state index is 5.38. The first-order valence-electron chi connectivity index (χ1n) is 9.20. The van der Waals surface area contributed by atoms with Crippen LogP contribution in [0.3, 0.4) is 0 Å². The summed E-state index contributed by atoms with van der Waals surface area (Å²) in [5.41, 5.74) is 1.10. The Morgan fingerprint density at radius 3 is 2.64 bits per heavy atom. The van der Waals surface area contributed by atoms with Crippen LogP contribution >= 0.6 is 24.0 Å². The molecule has 142 valence electrons. The number of halogens is 1. The van der Waals surface area contributed by atoms with Gasteiger partial charge in [0, 0.05) is 18.7 Å². The fourth-order valence-electron chi connectivity index (χ4n) is 3.01. The third-order valence-electron chi connectivity index (χ3n) is 4.34. The number of nitrogens with one attached hydrogen (secondary N) is 2. The van der Waals surface area contributed by atoms with Gasteiger partial charge in [-0.25, -0.2) is 4.99 Å². The molecular weight excluding hydrogens is 427 g/mol. The van der Waals surface area contributed by atoms with Gasteiger partial charge >= 0.3 is 0 Å². The van der Waals surface area contributed by atoms with Crippen molar-refractivity contribution in [3.05, 3.63) is 29.8 Å². The van der Waals surface area contributed by atoms with Gasteiger partial charge in [-0.3, -0.25) is 0 Å². The van der Waals surface area contributed by atoms with Gasteiger partial charge in [-0.05, 0) is 58.3 Å². The lowest BCUT2D eigenvalue weighted by Crippen LogP contribution is -2.38. The number of rotatable bonds is 9. The van der Waals surface area contributed by atoms with E-state index < -0.39 is 0 Å². The highest BCUT2D eigenvalue weighted by Gasteiger charge is 2.10. The van der Waals surface area contributed by atoms with Crippen LogP contribution in [0.4, 0.5) is 0 Å². The highest BCUT2D eigenvalue weighted by molar-refractivity contribution is 14.0. The lowest BCUT2D eigenvalue weighted by Gasteiger charge is -2.15. The SMILES string of the molecule is CCNC(=NCc1ccccc1OC)NCCCCN1CCCC1.I. The molecule has 0 aromatic heterocycles. The number of ether oxygens (including phenoxy) is 1. The predicted octanol–water partition coefficient (Wildman–Crippen LogP) is 3.24. The van der Waals surface area contributed by atoms with E-state index in [4.69, 9.17) is 4.74 Å². The Bertz CT molecular complexity index is 504. The molecule has 0 atom stereocenters. The Kier molecular flexibility index (Phi) is 11.6. The zero-order valence-electron chi connectivity index (χ0n) is 15.6. The monoisotopic (exact) mass is 460 g/mol. The Labute approximate surface area is 169 Å². The number of para-hydroxylation sites is 1. The molecule has 5 nitrogen and oxygen atoms in total. The topological polar surface area (TPSA) is 48.9 Å². The predicted molar refractivity (Wildman–Crippen MR) is 116 cm³/mol. The van der Waals surface area contributed by atoms with Gasteiger partial charge in [-0.2, -0.15) is 0 Å². The minimum Gasteiger partial charge on any atom is -0.496 e. The summed E-state index contributed by atoms with van der Waals surface area (Å²) < 4.78 is 5.38. The first kappa shape index (κ1) is 22.0. The molecule has 2 rings (SSSR count). The summed E-state index contributed by atoms with van der Waals surface area (Å²) in [5, 5.41) is 6.74. The molecule has 1 saturated heterocycles. The van der Waals surface area contributed by atoms with Crippen molar-refractivity contribution in [3.8, 4) is 5.75 Å². The number of hydrogen-bond donors (Lipinski definition) is 2. The van der Waals surface area contributed by atoms with E-state index in [0.29, 0.717) is 6.54 Å². The molecule has 0 radical (unpaired) electrons. The number of hydrogen-bond acceptors (Lipinski definition) is 3. The van der Waals surface area contributed by atoms with Crippen LogP contribution in [-0.4, -0.2) is 50.7 Å². The van der Waals surface area contributed by atoms with Crippen LogP contribution in [0, 0.1) is 0 Å². The van der Waals surface area contributed by atoms with Gasteiger partial charge in [0.2, 0.25) is 0 Å². The number of nitrogens with zero attached hydrogens (tertiary/aromatic N) is 2. The van der Waals surface area contributed by atoms with E-state index in [0.717, 1.165) is 30.4 Å². The quantitative estimate of drug-likeness (QED) is 0.257. The second-order valence-corrected chi connectivity index (χ2v) is 6.19. The third-order valence-corrected chi connectivity index (χ3v) is 4.34. The van der Waals surface area contributed by atoms with Gasteiger partial charge in [-0.1, -0.05) is 18.2 Å². The van der Waals surface area contributed by atoms with E-state index in [-0.39, 0.29) is 24.0 Å². The molecule has 25 heavy (non-hydrogen) atoms. The lowest BCUT2D eigenvalue weighted by atomic mass is 10.2. The number of guanidine groups is 1. The van der Waals surface area contributed by atoms with Crippen molar-refractivity contribution in [2.24, 2.45) is 4.99 Å². The largest absolute Gasteiger partial charge is 0.496 e. The summed E-state index contributed by atoms with van der Waals surface area (Å²) in [4.78, 5) is 7.24. The van der Waals surface area contributed by atoms with Gasteiger partial charge in [0.15, 0.2) is 5.96 Å². The van der Waals surface area contributed by atoms with Crippen molar-refractivity contribution in [3.63, 3.8) is 0 Å². The highest BCUT2D eigenvalue weighted by Crippen LogP contribution is 2.17. The molecule has 2 N–H and O–H groups in total. The minimum absolute atomic E-state index is 0. The average Bonchev–Trinajstić information content (AvgIpc) is 3.13. The van der Waals surface area contributed by atoms with Crippen LogP contribution < -0.4 is 15.4 Å². The van der Waals surface area contributed by atoms with E-state index in [1.807, 2.05) is 18.2 Å². The number of aliphatic imine (C=N–C) groups is 1. The molecule has 1 aromatic carbocycles. The normalized spacial score (nSPS) is 14.9. The molecule has 0 spiro atoms. The molecule has 0 aliphatic carbocycles. The summed E-state index contributed by atoms with van der Waals surface area (Å²) in [6, 6.07) is 8.04. The Morgan fingerprint density at radius 1 is 1.16 bits per heavy atom. The summed E-state index contributed by atoms with van der Waals surface area (Å²) in [6.45, 7) is 8.35. The molecule has 1 heterocycles. The second kappa shape index (κ2) is 13.2. The fourth-order valence-corrected chi connectivity index (χ4v) is 3.01. The van der Waals surface area contributed by atoms with Gasteiger partial charge < -0.3 is 20.3 Å². The fraction of sp³-hybridized carbons (Fsp3) is 0.632. The van der Waals surface area contributed by atoms with Crippen LogP contribution in [0.2, 0.25) is 0 Å². The van der Waals surface area contributed by atoms with Crippen LogP contribution in [-0.2, 0) is 6.54 Å². The standard InChI is InChI=1S/C19H32N4O.HI/c1-3-20-19(21-12-6-7-13-23-14-8-9-15-23)22-16-17-10-4-5-11-18(17)24-2;/h4-5,10-11H,3,6-9,12-16H2,1-2H3,(H2,20,21,22);1H. The molecule has 1 aliphatic rings. The van der Waals surface area contributed by atoms with Crippen molar-refractivity contribution < 1.29 is 4.74 Å². The maximum Gasteiger partial charge on any atom is 0.191 e. The summed E-state index contributed by atoms with van der Waals surface area (Å²) in [6.07, 6.45) is 5.17. The van der Waals surface area contributed by atoms with Crippen molar-refractivity contribution >= 4 is 29.9 Å². The molecular formula is C19H33IN4O. The zero-order valence-corrected chi connectivity index (χ0v) is 17.9. The highest BCUT2D eigenvalue weighted by atomic mass is 127. The van der Waals surface area contributed by atoms with E-state index >= 15 is 0 Å². The Morgan fingerprint density at radius 2 is 1.92 bits per heavy atom. The van der Waals surface area contributed by atoms with Gasteiger partial charge in [0.1, 0.15) is 5.75 Å². The third kappa shape index (κ3) is 8.27. The van der Waals surface area contributed by atoms with Crippen molar-refractivity contribution in [2.45, 2.75) is 39.2 Å². The number of methoxy groups -OCH3 is 1. The van der Waals surface area contributed by atoms with Crippen LogP contribution in [0.1, 0.15) is 38.2 Å². The van der Waals surface area contributed by atoms with Crippen molar-refractivity contribution in [1.82, 2.24) is 15.5 Å². The smallest absolute Gasteiger partial charge is 0.191 e. The van der Waals surface area contributed by atoms with E-state index in [1.54, 1.807) is 7.11 Å². The second-order valence-electron chi connectivity index (χ2n) is 6.19. The van der Waals surface area contributed by atoms with E-state index in [9.17, 15) is 0 Å². The van der Waals surface area contributed by atoms with Crippen LogP contribution in [0.5, 0.6) is 5.75 Å². The van der Waals surface area contributed by atoms with Gasteiger partial charge in [0.05, 0.1) is 13.7 Å². The number of likely N-dealkylation sites (tertiary alicyclic amines) is 1. The first-order chi connectivity index (χ1) is 11.8. The molecule has 1 aromatic rings. The van der Waals surface area contributed by atoms with E-state index in [2.05, 4.69) is 33.5 Å². The first-order valence-corrected chi connectivity index (χ1v) is 9.20. The number of benzene rings is 1. The summed E-state index contributed by atoms with van der Waals surface area (Å²) >= 11 is 0. The van der Waals surface area contributed by atoms with Crippen molar-refractivity contribution in [1.29, 1.82) is 0 Å². The molecule has 0 saturated carbocycles. The van der Waals surface area contributed by atoms with Crippen LogP contribution in [0.25, 0.3) is 0 Å². The minimum atomic E-state index is 0. The van der Waals surface area contributed by atoms with E-state index in [1.165, 1.54) is 45.3 Å². The molecule has 1 fully saturated rings. The van der Waals surface area contributed by atoms with Gasteiger partial charge in [-0.15, -0.1) is 24.0 Å². The lowest BCUT2D eigenvalue weighted by molar-refractivity contribution is 0.330. The average molecular weight is 460 g/mol. The Hall–Kier alpha value is -1.02.